The number of anilines is 3. The lowest BCUT2D eigenvalue weighted by atomic mass is 9.81. The summed E-state index contributed by atoms with van der Waals surface area (Å²) in [6.07, 6.45) is 4.48. The van der Waals surface area contributed by atoms with Gasteiger partial charge in [-0.15, -0.1) is 0 Å². The summed E-state index contributed by atoms with van der Waals surface area (Å²) in [5.41, 5.74) is 14.2. The van der Waals surface area contributed by atoms with Crippen molar-refractivity contribution in [3.8, 4) is 11.1 Å². The Morgan fingerprint density at radius 1 is 0.521 bits per heavy atom. The maximum Gasteiger partial charge on any atom is 0.143 e. The first kappa shape index (κ1) is 28.4. The molecule has 0 unspecified atom stereocenters. The zero-order valence-corrected chi connectivity index (χ0v) is 27.5. The average Bonchev–Trinajstić information content (AvgIpc) is 3.75. The smallest absolute Gasteiger partial charge is 0.143 e. The van der Waals surface area contributed by atoms with E-state index in [2.05, 4.69) is 160 Å². The molecule has 0 fully saturated rings. The summed E-state index contributed by atoms with van der Waals surface area (Å²) in [6, 6.07) is 45.1. The second kappa shape index (κ2) is 10.6. The number of furan rings is 2. The van der Waals surface area contributed by atoms with Gasteiger partial charge < -0.3 is 13.7 Å². The van der Waals surface area contributed by atoms with Crippen molar-refractivity contribution in [3.05, 3.63) is 156 Å². The molecule has 0 spiro atoms. The molecule has 0 radical (unpaired) electrons. The van der Waals surface area contributed by atoms with Crippen molar-refractivity contribution in [3.63, 3.8) is 0 Å². The van der Waals surface area contributed by atoms with Crippen LogP contribution in [-0.2, 0) is 5.41 Å². The molecule has 232 valence electrons. The lowest BCUT2D eigenvalue weighted by Gasteiger charge is -2.25. The van der Waals surface area contributed by atoms with Gasteiger partial charge in [0.15, 0.2) is 0 Å². The number of nitrogens with zero attached hydrogens (tertiary/aromatic N) is 1. The van der Waals surface area contributed by atoms with E-state index in [-0.39, 0.29) is 5.41 Å². The van der Waals surface area contributed by atoms with Crippen molar-refractivity contribution in [1.82, 2.24) is 0 Å². The minimum Gasteiger partial charge on any atom is -0.456 e. The molecule has 2 heterocycles. The Hall–Kier alpha value is -5.80. The fraction of sp³-hybridized carbons (Fsp3) is 0.111. The van der Waals surface area contributed by atoms with E-state index in [4.69, 9.17) is 8.83 Å². The summed E-state index contributed by atoms with van der Waals surface area (Å²) in [7, 11) is 0. The Labute approximate surface area is 280 Å². The molecule has 0 bridgehead atoms. The molecule has 3 heteroatoms. The van der Waals surface area contributed by atoms with Gasteiger partial charge in [-0.1, -0.05) is 98.8 Å². The molecule has 2 aromatic heterocycles. The van der Waals surface area contributed by atoms with Crippen molar-refractivity contribution < 1.29 is 8.83 Å². The second-order valence-corrected chi connectivity index (χ2v) is 13.2. The van der Waals surface area contributed by atoms with Crippen molar-refractivity contribution in [2.24, 2.45) is 0 Å². The molecule has 0 N–H and O–H groups in total. The third-order valence-electron chi connectivity index (χ3n) is 10.2. The predicted molar refractivity (Wildman–Crippen MR) is 202 cm³/mol. The molecule has 9 rings (SSSR count). The van der Waals surface area contributed by atoms with Gasteiger partial charge in [-0.3, -0.25) is 0 Å². The fourth-order valence-corrected chi connectivity index (χ4v) is 8.04. The molecule has 3 nitrogen and oxygen atoms in total. The van der Waals surface area contributed by atoms with Crippen LogP contribution in [0.3, 0.4) is 0 Å². The number of para-hydroxylation sites is 3. The zero-order valence-electron chi connectivity index (χ0n) is 27.5. The van der Waals surface area contributed by atoms with E-state index in [1.807, 2.05) is 12.1 Å². The van der Waals surface area contributed by atoms with Crippen molar-refractivity contribution in [2.75, 3.05) is 4.90 Å². The fourth-order valence-electron chi connectivity index (χ4n) is 8.04. The van der Waals surface area contributed by atoms with Crippen molar-refractivity contribution >= 4 is 66.5 Å². The van der Waals surface area contributed by atoms with E-state index in [9.17, 15) is 0 Å². The van der Waals surface area contributed by atoms with Crippen LogP contribution in [0, 0.1) is 0 Å². The van der Waals surface area contributed by atoms with Crippen LogP contribution in [-0.4, -0.2) is 0 Å². The van der Waals surface area contributed by atoms with Gasteiger partial charge >= 0.3 is 0 Å². The Morgan fingerprint density at radius 3 is 1.98 bits per heavy atom. The van der Waals surface area contributed by atoms with Crippen molar-refractivity contribution in [2.45, 2.75) is 33.1 Å². The highest BCUT2D eigenvalue weighted by Gasteiger charge is 2.40. The number of allylic oxidation sites excluding steroid dienone is 4. The van der Waals surface area contributed by atoms with Crippen LogP contribution in [0.4, 0.5) is 17.1 Å². The summed E-state index contributed by atoms with van der Waals surface area (Å²) in [4.78, 5) is 2.32. The zero-order chi connectivity index (χ0) is 32.6. The maximum absolute atomic E-state index is 6.70. The van der Waals surface area contributed by atoms with Crippen LogP contribution in [0.5, 0.6) is 0 Å². The first-order valence-corrected chi connectivity index (χ1v) is 16.7. The van der Waals surface area contributed by atoms with Gasteiger partial charge in [0.2, 0.25) is 0 Å². The molecule has 0 saturated carbocycles. The van der Waals surface area contributed by atoms with Gasteiger partial charge in [0, 0.05) is 55.1 Å². The molecule has 6 aromatic carbocycles. The van der Waals surface area contributed by atoms with Crippen LogP contribution in [0.1, 0.15) is 38.8 Å². The quantitative estimate of drug-likeness (QED) is 0.196. The van der Waals surface area contributed by atoms with Crippen LogP contribution >= 0.6 is 0 Å². The number of rotatable bonds is 4. The van der Waals surface area contributed by atoms with Gasteiger partial charge in [-0.25, -0.2) is 0 Å². The van der Waals surface area contributed by atoms with Gasteiger partial charge in [0.05, 0.1) is 0 Å². The first-order valence-electron chi connectivity index (χ1n) is 16.7. The van der Waals surface area contributed by atoms with Crippen LogP contribution in [0.2, 0.25) is 0 Å². The minimum absolute atomic E-state index is 0.146. The van der Waals surface area contributed by atoms with Gasteiger partial charge in [-0.2, -0.15) is 0 Å². The lowest BCUT2D eigenvalue weighted by molar-refractivity contribution is 0.619. The largest absolute Gasteiger partial charge is 0.456 e. The molecule has 1 aliphatic carbocycles. The predicted octanol–water partition coefficient (Wildman–Crippen LogP) is 13.3. The lowest BCUT2D eigenvalue weighted by Crippen LogP contribution is -2.15. The molecular weight excluding hydrogens is 587 g/mol. The van der Waals surface area contributed by atoms with E-state index < -0.39 is 0 Å². The Bertz CT molecular complexity index is 2590. The highest BCUT2D eigenvalue weighted by molar-refractivity contribution is 6.11. The SMILES string of the molecule is C/C=C1\C(=C/C)c2ccc3c(oc4ccc(N(c5ccccc5)c5ccc(-c6cccc7c6oc6ccccc67)cc5)cc43)c2C1(C)C. The third kappa shape index (κ3) is 4.07. The second-order valence-electron chi connectivity index (χ2n) is 13.2. The number of hydrogen-bond donors (Lipinski definition) is 0. The van der Waals surface area contributed by atoms with E-state index in [0.29, 0.717) is 0 Å². The van der Waals surface area contributed by atoms with Gasteiger partial charge in [-0.05, 0) is 90.7 Å². The summed E-state index contributed by atoms with van der Waals surface area (Å²) in [5, 5.41) is 4.54. The van der Waals surface area contributed by atoms with E-state index in [1.165, 1.54) is 22.3 Å². The molecule has 1 aliphatic rings. The number of benzene rings is 6. The topological polar surface area (TPSA) is 29.5 Å². The molecule has 0 saturated heterocycles. The standard InChI is InChI=1S/C45H35NO2/c1-5-32-35-24-25-37-38-27-31(23-26-41(38)48-44(37)42(35)45(3,4)39(32)6-2)46(29-13-8-7-9-14-29)30-21-19-28(20-22-30)33-16-12-17-36-34-15-10-11-18-40(34)47-43(33)36/h5-27H,1-4H3/b32-5-,39-6+. The molecule has 0 atom stereocenters. The molecule has 48 heavy (non-hydrogen) atoms. The van der Waals surface area contributed by atoms with E-state index in [1.54, 1.807) is 0 Å². The third-order valence-corrected chi connectivity index (χ3v) is 10.2. The van der Waals surface area contributed by atoms with Gasteiger partial charge in [0.1, 0.15) is 22.3 Å². The molecular formula is C45H35NO2. The first-order chi connectivity index (χ1) is 23.5. The Kier molecular flexibility index (Phi) is 6.29. The summed E-state index contributed by atoms with van der Waals surface area (Å²) in [5.74, 6) is 0. The van der Waals surface area contributed by atoms with Crippen LogP contribution in [0.25, 0.3) is 60.6 Å². The molecule has 0 aliphatic heterocycles. The number of fused-ring (bicyclic) bond motifs is 8. The summed E-state index contributed by atoms with van der Waals surface area (Å²) in [6.45, 7) is 8.89. The highest BCUT2D eigenvalue weighted by atomic mass is 16.3. The Morgan fingerprint density at radius 2 is 1.19 bits per heavy atom. The minimum atomic E-state index is -0.146. The molecule has 0 amide bonds. The van der Waals surface area contributed by atoms with Crippen LogP contribution in [0.15, 0.2) is 154 Å². The van der Waals surface area contributed by atoms with E-state index >= 15 is 0 Å². The normalized spacial score (nSPS) is 15.8. The van der Waals surface area contributed by atoms with Gasteiger partial charge in [0.25, 0.3) is 0 Å². The van der Waals surface area contributed by atoms with E-state index in [0.717, 1.165) is 72.1 Å². The van der Waals surface area contributed by atoms with Crippen molar-refractivity contribution in [1.29, 1.82) is 0 Å². The number of hydrogen-bond acceptors (Lipinski definition) is 3. The van der Waals surface area contributed by atoms with Crippen LogP contribution < -0.4 is 4.90 Å². The monoisotopic (exact) mass is 621 g/mol. The molecule has 8 aromatic rings. The Balaban J connectivity index is 1.18. The highest BCUT2D eigenvalue weighted by Crippen LogP contribution is 2.53. The summed E-state index contributed by atoms with van der Waals surface area (Å²) >= 11 is 0. The average molecular weight is 622 g/mol. The maximum atomic E-state index is 6.70. The summed E-state index contributed by atoms with van der Waals surface area (Å²) < 4.78 is 13.1.